The Hall–Kier alpha value is -2.05. The molecule has 0 N–H and O–H groups in total. The summed E-state index contributed by atoms with van der Waals surface area (Å²) in [5, 5.41) is 4.08. The van der Waals surface area contributed by atoms with Crippen LogP contribution >= 0.6 is 0 Å². The predicted octanol–water partition coefficient (Wildman–Crippen LogP) is 4.38. The summed E-state index contributed by atoms with van der Waals surface area (Å²) in [7, 11) is 0. The largest absolute Gasteiger partial charge is 0.299 e. The molecule has 136 valence electrons. The molecule has 0 saturated heterocycles. The standard InChI is InChI=1S/C21H25N3O2/c1-3-8-21-10-6-13(25)11-17(21)18(23-24-22)12-14-15-4-5-19(26)20(15,2)9-7-16(14)21/h1,11,14-16,18H,4-10,12H2,2H3/t14-,15-,16-,18-,20-,21+/m0/s1. The Bertz CT molecular complexity index is 788. The van der Waals surface area contributed by atoms with Crippen LogP contribution in [0.1, 0.15) is 58.3 Å². The number of hydrogen-bond donors (Lipinski definition) is 0. The van der Waals surface area contributed by atoms with E-state index in [1.165, 1.54) is 0 Å². The average Bonchev–Trinajstić information content (AvgIpc) is 2.92. The number of rotatable bonds is 2. The van der Waals surface area contributed by atoms with Crippen molar-refractivity contribution in [3.63, 3.8) is 0 Å². The highest BCUT2D eigenvalue weighted by atomic mass is 16.1. The minimum absolute atomic E-state index is 0.112. The first-order chi connectivity index (χ1) is 12.5. The summed E-state index contributed by atoms with van der Waals surface area (Å²) >= 11 is 0. The molecular weight excluding hydrogens is 326 g/mol. The number of Topliss-reactive ketones (excluding diaryl/α,β-unsaturated/α-hetero) is 1. The van der Waals surface area contributed by atoms with Crippen LogP contribution in [-0.4, -0.2) is 17.6 Å². The molecule has 4 aliphatic rings. The zero-order valence-corrected chi connectivity index (χ0v) is 15.3. The van der Waals surface area contributed by atoms with E-state index in [1.807, 2.05) is 0 Å². The van der Waals surface area contributed by atoms with E-state index in [1.54, 1.807) is 6.08 Å². The summed E-state index contributed by atoms with van der Waals surface area (Å²) in [6.45, 7) is 2.13. The third-order valence-electron chi connectivity index (χ3n) is 8.03. The molecule has 3 fully saturated rings. The number of carbonyl (C=O) groups excluding carboxylic acids is 2. The van der Waals surface area contributed by atoms with Gasteiger partial charge in [0.2, 0.25) is 0 Å². The summed E-state index contributed by atoms with van der Waals surface area (Å²) < 4.78 is 0. The molecular formula is C21H25N3O2. The van der Waals surface area contributed by atoms with Gasteiger partial charge in [-0.3, -0.25) is 9.59 Å². The Morgan fingerprint density at radius 2 is 2.12 bits per heavy atom. The van der Waals surface area contributed by atoms with Gasteiger partial charge in [-0.1, -0.05) is 17.6 Å². The summed E-state index contributed by atoms with van der Waals surface area (Å²) in [5.74, 6) is 4.44. The van der Waals surface area contributed by atoms with Crippen molar-refractivity contribution in [1.82, 2.24) is 0 Å². The highest BCUT2D eigenvalue weighted by molar-refractivity contribution is 5.92. The molecule has 4 rings (SSSR count). The van der Waals surface area contributed by atoms with E-state index in [0.717, 1.165) is 37.7 Å². The lowest BCUT2D eigenvalue weighted by molar-refractivity contribution is -0.133. The van der Waals surface area contributed by atoms with Crippen LogP contribution in [0.25, 0.3) is 10.4 Å². The third-order valence-corrected chi connectivity index (χ3v) is 8.03. The maximum Gasteiger partial charge on any atom is 0.155 e. The minimum atomic E-state index is -0.308. The van der Waals surface area contributed by atoms with Crippen LogP contribution in [0.4, 0.5) is 0 Å². The van der Waals surface area contributed by atoms with Gasteiger partial charge >= 0.3 is 0 Å². The van der Waals surface area contributed by atoms with Gasteiger partial charge in [-0.15, -0.1) is 12.3 Å². The van der Waals surface area contributed by atoms with Gasteiger partial charge in [0, 0.05) is 35.0 Å². The Balaban J connectivity index is 1.83. The maximum atomic E-state index is 12.6. The van der Waals surface area contributed by atoms with Crippen molar-refractivity contribution in [2.24, 2.45) is 33.7 Å². The molecule has 5 nitrogen and oxygen atoms in total. The monoisotopic (exact) mass is 351 g/mol. The lowest BCUT2D eigenvalue weighted by Gasteiger charge is -2.59. The molecule has 5 heteroatoms. The van der Waals surface area contributed by atoms with Gasteiger partial charge < -0.3 is 0 Å². The first-order valence-electron chi connectivity index (χ1n) is 9.72. The number of ketones is 2. The number of terminal acetylenes is 1. The van der Waals surface area contributed by atoms with Crippen molar-refractivity contribution in [3.05, 3.63) is 22.1 Å². The molecule has 4 aliphatic carbocycles. The van der Waals surface area contributed by atoms with E-state index in [4.69, 9.17) is 12.0 Å². The van der Waals surface area contributed by atoms with Gasteiger partial charge in [0.15, 0.2) is 5.78 Å². The molecule has 0 spiro atoms. The fourth-order valence-corrected chi connectivity index (χ4v) is 6.84. The van der Waals surface area contributed by atoms with Crippen LogP contribution in [0.2, 0.25) is 0 Å². The third kappa shape index (κ3) is 2.21. The van der Waals surface area contributed by atoms with Crippen molar-refractivity contribution in [3.8, 4) is 12.3 Å². The lowest BCUT2D eigenvalue weighted by Crippen LogP contribution is -2.54. The molecule has 0 bridgehead atoms. The highest BCUT2D eigenvalue weighted by Crippen LogP contribution is 2.65. The second kappa shape index (κ2) is 5.99. The molecule has 0 unspecified atom stereocenters. The van der Waals surface area contributed by atoms with E-state index in [2.05, 4.69) is 22.9 Å². The van der Waals surface area contributed by atoms with Gasteiger partial charge in [-0.05, 0) is 61.5 Å². The molecule has 3 saturated carbocycles. The van der Waals surface area contributed by atoms with Gasteiger partial charge in [0.05, 0.1) is 6.04 Å². The molecule has 0 aliphatic heterocycles. The van der Waals surface area contributed by atoms with Gasteiger partial charge in [0.1, 0.15) is 5.78 Å². The quantitative estimate of drug-likeness (QED) is 0.320. The molecule has 0 aromatic heterocycles. The number of carbonyl (C=O) groups is 2. The topological polar surface area (TPSA) is 82.9 Å². The maximum absolute atomic E-state index is 12.6. The summed E-state index contributed by atoms with van der Waals surface area (Å²) in [5.41, 5.74) is 9.62. The van der Waals surface area contributed by atoms with Crippen LogP contribution in [0.5, 0.6) is 0 Å². The Morgan fingerprint density at radius 3 is 2.85 bits per heavy atom. The number of hydrogen-bond acceptors (Lipinski definition) is 3. The van der Waals surface area contributed by atoms with Crippen molar-refractivity contribution in [2.45, 2.75) is 64.3 Å². The number of azide groups is 1. The predicted molar refractivity (Wildman–Crippen MR) is 97.8 cm³/mol. The average molecular weight is 351 g/mol. The van der Waals surface area contributed by atoms with Gasteiger partial charge in [-0.25, -0.2) is 0 Å². The van der Waals surface area contributed by atoms with E-state index in [0.29, 0.717) is 42.8 Å². The zero-order chi connectivity index (χ0) is 18.5. The van der Waals surface area contributed by atoms with Gasteiger partial charge in [-0.2, -0.15) is 0 Å². The fourth-order valence-electron chi connectivity index (χ4n) is 6.84. The second-order valence-electron chi connectivity index (χ2n) is 8.85. The summed E-state index contributed by atoms with van der Waals surface area (Å²) in [6, 6.07) is -0.308. The SMILES string of the molecule is C#CC[C@]12CCC(=O)C=C1[C@@H](N=[N+]=[N-])C[C@@H]1[C@@H]2CC[C@]2(C)C(=O)CC[C@@H]12. The van der Waals surface area contributed by atoms with E-state index in [-0.39, 0.29) is 22.7 Å². The number of fused-ring (bicyclic) bond motifs is 5. The second-order valence-corrected chi connectivity index (χ2v) is 8.85. The smallest absolute Gasteiger partial charge is 0.155 e. The van der Waals surface area contributed by atoms with Crippen LogP contribution < -0.4 is 0 Å². The van der Waals surface area contributed by atoms with Crippen LogP contribution in [0.15, 0.2) is 16.8 Å². The zero-order valence-electron chi connectivity index (χ0n) is 15.3. The Morgan fingerprint density at radius 1 is 1.31 bits per heavy atom. The molecule has 0 heterocycles. The van der Waals surface area contributed by atoms with E-state index in [9.17, 15) is 9.59 Å². The van der Waals surface area contributed by atoms with Gasteiger partial charge in [0.25, 0.3) is 0 Å². The summed E-state index contributed by atoms with van der Waals surface area (Å²) in [4.78, 5) is 27.8. The first kappa shape index (κ1) is 17.4. The van der Waals surface area contributed by atoms with Crippen LogP contribution in [0.3, 0.4) is 0 Å². The van der Waals surface area contributed by atoms with Crippen molar-refractivity contribution < 1.29 is 9.59 Å². The molecule has 0 aromatic rings. The highest BCUT2D eigenvalue weighted by Gasteiger charge is 2.61. The Labute approximate surface area is 154 Å². The van der Waals surface area contributed by atoms with E-state index < -0.39 is 0 Å². The summed E-state index contributed by atoms with van der Waals surface area (Å²) in [6.07, 6.45) is 13.6. The lowest BCUT2D eigenvalue weighted by atomic mass is 9.45. The number of nitrogens with zero attached hydrogens (tertiary/aromatic N) is 3. The van der Waals surface area contributed by atoms with Crippen molar-refractivity contribution in [1.29, 1.82) is 0 Å². The normalized spacial score (nSPS) is 44.1. The fraction of sp³-hybridized carbons (Fsp3) is 0.714. The van der Waals surface area contributed by atoms with E-state index >= 15 is 0 Å². The van der Waals surface area contributed by atoms with Crippen LogP contribution in [-0.2, 0) is 9.59 Å². The Kier molecular flexibility index (Phi) is 4.00. The molecule has 0 aromatic carbocycles. The minimum Gasteiger partial charge on any atom is -0.299 e. The van der Waals surface area contributed by atoms with Crippen molar-refractivity contribution >= 4 is 11.6 Å². The first-order valence-corrected chi connectivity index (χ1v) is 9.72. The van der Waals surface area contributed by atoms with Crippen LogP contribution in [0, 0.1) is 40.9 Å². The molecule has 26 heavy (non-hydrogen) atoms. The molecule has 0 radical (unpaired) electrons. The molecule has 0 amide bonds. The van der Waals surface area contributed by atoms with Crippen molar-refractivity contribution in [2.75, 3.05) is 0 Å². The molecule has 6 atom stereocenters.